The topological polar surface area (TPSA) is 12.5 Å². The molecule has 0 aliphatic carbocycles. The molecule has 1 aromatic rings. The molecule has 0 saturated heterocycles. The van der Waals surface area contributed by atoms with Crippen molar-refractivity contribution in [3.05, 3.63) is 24.3 Å². The van der Waals surface area contributed by atoms with Crippen molar-refractivity contribution in [3.8, 4) is 5.75 Å². The van der Waals surface area contributed by atoms with Gasteiger partial charge in [0.1, 0.15) is 12.4 Å². The van der Waals surface area contributed by atoms with Crippen LogP contribution in [0.4, 0.5) is 12.9 Å². The molecular formula is C10H14BF3KNO. The Kier molecular flexibility index (Phi) is 8.02. The van der Waals surface area contributed by atoms with Crippen LogP contribution in [-0.2, 0) is 0 Å². The first-order valence-corrected chi connectivity index (χ1v) is 4.97. The van der Waals surface area contributed by atoms with Gasteiger partial charge in [-0.3, -0.25) is 0 Å². The summed E-state index contributed by atoms with van der Waals surface area (Å²) in [4.78, 5) is 1.90. The number of ether oxygens (including phenoxy) is 1. The molecule has 1 rings (SSSR count). The van der Waals surface area contributed by atoms with Crippen LogP contribution < -0.4 is 61.6 Å². The summed E-state index contributed by atoms with van der Waals surface area (Å²) in [5.74, 6) is 0.263. The maximum absolute atomic E-state index is 12.4. The predicted molar refractivity (Wildman–Crippen MR) is 59.2 cm³/mol. The first-order chi connectivity index (χ1) is 7.39. The molecule has 0 N–H and O–H groups in total. The standard InChI is InChI=1S/C10H14BF3NO.K/c1-15(2)6-7-16-10-5-3-4-9(8-10)11(12,13)14;/h3-5,8H,6-7H2,1-2H3;/q-1;+1. The van der Waals surface area contributed by atoms with Gasteiger partial charge in [-0.2, -0.15) is 0 Å². The van der Waals surface area contributed by atoms with Crippen LogP contribution in [0.25, 0.3) is 0 Å². The third-order valence-corrected chi connectivity index (χ3v) is 2.04. The third-order valence-electron chi connectivity index (χ3n) is 2.04. The van der Waals surface area contributed by atoms with Crippen molar-refractivity contribution in [1.29, 1.82) is 0 Å². The van der Waals surface area contributed by atoms with Gasteiger partial charge in [0, 0.05) is 6.54 Å². The van der Waals surface area contributed by atoms with Crippen LogP contribution in [0.1, 0.15) is 0 Å². The van der Waals surface area contributed by atoms with Crippen molar-refractivity contribution in [1.82, 2.24) is 4.90 Å². The Labute approximate surface area is 142 Å². The smallest absolute Gasteiger partial charge is 0.492 e. The van der Waals surface area contributed by atoms with Crippen molar-refractivity contribution in [2.24, 2.45) is 0 Å². The Balaban J connectivity index is 0.00000256. The fourth-order valence-electron chi connectivity index (χ4n) is 1.15. The Bertz CT molecular complexity index is 347. The number of nitrogens with zero attached hydrogens (tertiary/aromatic N) is 1. The Morgan fingerprint density at radius 3 is 2.41 bits per heavy atom. The maximum atomic E-state index is 12.4. The maximum Gasteiger partial charge on any atom is 1.00 e. The summed E-state index contributed by atoms with van der Waals surface area (Å²) >= 11 is 0. The van der Waals surface area contributed by atoms with Crippen LogP contribution in [0, 0.1) is 0 Å². The second-order valence-electron chi connectivity index (χ2n) is 3.80. The molecule has 0 spiro atoms. The van der Waals surface area contributed by atoms with E-state index in [1.807, 2.05) is 19.0 Å². The summed E-state index contributed by atoms with van der Waals surface area (Å²) in [6, 6.07) is 4.98. The number of rotatable bonds is 5. The predicted octanol–water partition coefficient (Wildman–Crippen LogP) is -1.31. The van der Waals surface area contributed by atoms with Crippen molar-refractivity contribution in [2.45, 2.75) is 0 Å². The van der Waals surface area contributed by atoms with Gasteiger partial charge in [0.15, 0.2) is 0 Å². The monoisotopic (exact) mass is 271 g/mol. The van der Waals surface area contributed by atoms with E-state index in [-0.39, 0.29) is 57.1 Å². The molecular weight excluding hydrogens is 257 g/mol. The molecule has 0 amide bonds. The van der Waals surface area contributed by atoms with Gasteiger partial charge in [-0.1, -0.05) is 12.1 Å². The summed E-state index contributed by atoms with van der Waals surface area (Å²) in [5.41, 5.74) is -0.623. The van der Waals surface area contributed by atoms with Gasteiger partial charge in [-0.25, -0.2) is 0 Å². The molecule has 0 atom stereocenters. The molecule has 7 heteroatoms. The summed E-state index contributed by atoms with van der Waals surface area (Å²) < 4.78 is 42.5. The molecule has 1 aromatic carbocycles. The minimum Gasteiger partial charge on any atom is -0.492 e. The van der Waals surface area contributed by atoms with Crippen LogP contribution in [0.5, 0.6) is 5.75 Å². The van der Waals surface area contributed by atoms with Gasteiger partial charge in [0.05, 0.1) is 0 Å². The second-order valence-corrected chi connectivity index (χ2v) is 3.80. The van der Waals surface area contributed by atoms with Crippen molar-refractivity contribution < 1.29 is 69.1 Å². The number of halogens is 3. The number of likely N-dealkylation sites (N-methyl/N-ethyl adjacent to an activating group) is 1. The molecule has 0 unspecified atom stereocenters. The first-order valence-electron chi connectivity index (χ1n) is 4.97. The van der Waals surface area contributed by atoms with E-state index in [1.165, 1.54) is 12.1 Å². The minimum absolute atomic E-state index is 0. The van der Waals surface area contributed by atoms with Gasteiger partial charge in [0.2, 0.25) is 0 Å². The van der Waals surface area contributed by atoms with E-state index in [1.54, 1.807) is 0 Å². The Morgan fingerprint density at radius 1 is 1.24 bits per heavy atom. The SMILES string of the molecule is CN(C)CCOc1cccc([B-](F)(F)F)c1.[K+]. The summed E-state index contributed by atoms with van der Waals surface area (Å²) in [6.45, 7) is -3.90. The van der Waals surface area contributed by atoms with E-state index in [4.69, 9.17) is 4.74 Å². The summed E-state index contributed by atoms with van der Waals surface area (Å²) in [7, 11) is 3.75. The molecule has 0 heterocycles. The molecule has 0 aromatic heterocycles. The number of hydrogen-bond acceptors (Lipinski definition) is 2. The molecule has 17 heavy (non-hydrogen) atoms. The van der Waals surface area contributed by atoms with E-state index in [9.17, 15) is 12.9 Å². The molecule has 0 fully saturated rings. The van der Waals surface area contributed by atoms with Crippen LogP contribution in [0.2, 0.25) is 0 Å². The summed E-state index contributed by atoms with van der Waals surface area (Å²) in [5, 5.41) is 0. The quantitative estimate of drug-likeness (QED) is 0.616. The average molecular weight is 271 g/mol. The fourth-order valence-corrected chi connectivity index (χ4v) is 1.15. The molecule has 2 nitrogen and oxygen atoms in total. The van der Waals surface area contributed by atoms with E-state index >= 15 is 0 Å². The van der Waals surface area contributed by atoms with E-state index in [0.717, 1.165) is 12.1 Å². The Hall–Kier alpha value is 0.471. The van der Waals surface area contributed by atoms with Gasteiger partial charge in [-0.05, 0) is 26.2 Å². The molecule has 0 bridgehead atoms. The van der Waals surface area contributed by atoms with E-state index < -0.39 is 12.4 Å². The largest absolute Gasteiger partial charge is 1.00 e. The van der Waals surface area contributed by atoms with Gasteiger partial charge in [-0.15, -0.1) is 5.46 Å². The van der Waals surface area contributed by atoms with Gasteiger partial charge < -0.3 is 22.6 Å². The number of hydrogen-bond donors (Lipinski definition) is 0. The van der Waals surface area contributed by atoms with Gasteiger partial charge >= 0.3 is 58.4 Å². The van der Waals surface area contributed by atoms with Gasteiger partial charge in [0.25, 0.3) is 0 Å². The number of benzene rings is 1. The first kappa shape index (κ1) is 17.5. The molecule has 90 valence electrons. The zero-order valence-corrected chi connectivity index (χ0v) is 13.4. The fraction of sp³-hybridized carbons (Fsp3) is 0.400. The van der Waals surface area contributed by atoms with Crippen molar-refractivity contribution >= 4 is 12.4 Å². The zero-order chi connectivity index (χ0) is 12.2. The van der Waals surface area contributed by atoms with Crippen molar-refractivity contribution in [3.63, 3.8) is 0 Å². The third kappa shape index (κ3) is 6.83. The minimum atomic E-state index is -4.95. The molecule has 0 aliphatic heterocycles. The molecule has 0 aliphatic rings. The average Bonchev–Trinajstić information content (AvgIpc) is 2.16. The van der Waals surface area contributed by atoms with Crippen molar-refractivity contribution in [2.75, 3.05) is 27.2 Å². The van der Waals surface area contributed by atoms with Crippen LogP contribution in [0.3, 0.4) is 0 Å². The molecule has 0 radical (unpaired) electrons. The zero-order valence-electron chi connectivity index (χ0n) is 10.3. The van der Waals surface area contributed by atoms with E-state index in [0.29, 0.717) is 13.2 Å². The normalized spacial score (nSPS) is 11.2. The summed E-state index contributed by atoms with van der Waals surface area (Å²) in [6.07, 6.45) is 0. The van der Waals surface area contributed by atoms with E-state index in [2.05, 4.69) is 0 Å². The Morgan fingerprint density at radius 2 is 1.88 bits per heavy atom. The van der Waals surface area contributed by atoms with Crippen LogP contribution >= 0.6 is 0 Å². The second kappa shape index (κ2) is 7.81. The molecule has 0 saturated carbocycles. The van der Waals surface area contributed by atoms with Crippen LogP contribution in [0.15, 0.2) is 24.3 Å². The van der Waals surface area contributed by atoms with Crippen LogP contribution in [-0.4, -0.2) is 39.1 Å².